The lowest BCUT2D eigenvalue weighted by molar-refractivity contribution is -0.137. The highest BCUT2D eigenvalue weighted by molar-refractivity contribution is 5.71. The molecule has 16 heavy (non-hydrogen) atoms. The lowest BCUT2D eigenvalue weighted by atomic mass is 10.1. The van der Waals surface area contributed by atoms with Crippen molar-refractivity contribution in [1.29, 1.82) is 5.41 Å². The lowest BCUT2D eigenvalue weighted by Gasteiger charge is -1.94. The Kier molecular flexibility index (Phi) is 11.3. The maximum atomic E-state index is 9.59. The van der Waals surface area contributed by atoms with E-state index < -0.39 is 0 Å². The number of rotatable bonds is 0. The van der Waals surface area contributed by atoms with E-state index in [1.54, 1.807) is 0 Å². The molecule has 0 aromatic rings. The first-order chi connectivity index (χ1) is 7.40. The number of nitrogens with two attached hydrogens (primary N) is 2. The molecule has 0 aromatic carbocycles. The Balaban J connectivity index is 0. The molecule has 0 saturated carbocycles. The molecule has 0 amide bonds. The Morgan fingerprint density at radius 2 is 1.94 bits per heavy atom. The Morgan fingerprint density at radius 1 is 1.50 bits per heavy atom. The van der Waals surface area contributed by atoms with Crippen LogP contribution in [0.5, 0.6) is 0 Å². The molecule has 0 aromatic heterocycles. The fourth-order valence-corrected chi connectivity index (χ4v) is 0.558. The van der Waals surface area contributed by atoms with Crippen molar-refractivity contribution in [2.75, 3.05) is 7.11 Å². The number of hydrogen-bond donors (Lipinski definition) is 3. The van der Waals surface area contributed by atoms with Crippen LogP contribution in [0.4, 0.5) is 0 Å². The van der Waals surface area contributed by atoms with E-state index in [0.29, 0.717) is 0 Å². The normalized spacial score (nSPS) is 11.5. The van der Waals surface area contributed by atoms with E-state index in [2.05, 4.69) is 28.9 Å². The van der Waals surface area contributed by atoms with Crippen LogP contribution in [0.3, 0.4) is 0 Å². The fourth-order valence-electron chi connectivity index (χ4n) is 0.558. The highest BCUT2D eigenvalue weighted by atomic mass is 16.5. The van der Waals surface area contributed by atoms with E-state index in [-0.39, 0.29) is 11.9 Å². The second-order valence-corrected chi connectivity index (χ2v) is 2.80. The molecule has 1 rings (SSSR count). The molecular weight excluding hydrogens is 206 g/mol. The van der Waals surface area contributed by atoms with Crippen molar-refractivity contribution in [2.24, 2.45) is 11.5 Å². The van der Waals surface area contributed by atoms with Gasteiger partial charge in [0, 0.05) is 6.92 Å². The molecule has 0 spiro atoms. The molecule has 1 aliphatic rings. The number of nitrogens with one attached hydrogen (secondary N) is 1. The van der Waals surface area contributed by atoms with Gasteiger partial charge in [0.2, 0.25) is 0 Å². The van der Waals surface area contributed by atoms with Crippen molar-refractivity contribution >= 4 is 11.9 Å². The molecule has 5 heteroatoms. The maximum Gasteiger partial charge on any atom is 0.302 e. The minimum Gasteiger partial charge on any atom is -0.469 e. The van der Waals surface area contributed by atoms with E-state index >= 15 is 0 Å². The molecule has 90 valence electrons. The van der Waals surface area contributed by atoms with Gasteiger partial charge in [-0.2, -0.15) is 0 Å². The van der Waals surface area contributed by atoms with Crippen molar-refractivity contribution in [1.82, 2.24) is 0 Å². The van der Waals surface area contributed by atoms with Crippen LogP contribution in [-0.4, -0.2) is 19.0 Å². The molecule has 0 atom stereocenters. The van der Waals surface area contributed by atoms with Gasteiger partial charge in [-0.3, -0.25) is 10.2 Å². The number of ether oxygens (including phenoxy) is 1. The zero-order valence-electron chi connectivity index (χ0n) is 9.69. The Morgan fingerprint density at radius 3 is 2.06 bits per heavy atom. The van der Waals surface area contributed by atoms with Crippen LogP contribution in [0.1, 0.15) is 13.3 Å². The first kappa shape index (κ1) is 16.4. The highest BCUT2D eigenvalue weighted by Gasteiger charge is 1.84. The van der Waals surface area contributed by atoms with Crippen LogP contribution in [0.15, 0.2) is 36.5 Å². The van der Waals surface area contributed by atoms with Crippen LogP contribution in [-0.2, 0) is 9.53 Å². The third-order valence-electron chi connectivity index (χ3n) is 1.25. The number of esters is 1. The van der Waals surface area contributed by atoms with E-state index in [1.807, 2.05) is 18.2 Å². The third-order valence-corrected chi connectivity index (χ3v) is 1.25. The number of guanidine groups is 1. The Hall–Kier alpha value is -2.04. The minimum atomic E-state index is -0.333. The van der Waals surface area contributed by atoms with Gasteiger partial charge in [-0.05, 0) is 6.42 Å². The molecule has 0 unspecified atom stereocenters. The summed E-state index contributed by atoms with van der Waals surface area (Å²) < 4.78 is 4.11. The molecule has 0 heterocycles. The predicted molar refractivity (Wildman–Crippen MR) is 65.8 cm³/mol. The van der Waals surface area contributed by atoms with Gasteiger partial charge >= 0.3 is 5.97 Å². The zero-order chi connectivity index (χ0) is 13.0. The van der Waals surface area contributed by atoms with Crippen LogP contribution < -0.4 is 11.5 Å². The van der Waals surface area contributed by atoms with Gasteiger partial charge in [0.05, 0.1) is 7.11 Å². The SMILES string of the molecule is C=C1C=CC=CC1.COC(C)=O.N=C(N)N. The first-order valence-corrected chi connectivity index (χ1v) is 4.55. The number of carbonyl (C=O) groups is 1. The van der Waals surface area contributed by atoms with E-state index in [9.17, 15) is 4.79 Å². The van der Waals surface area contributed by atoms with Crippen LogP contribution in [0.25, 0.3) is 0 Å². The molecule has 0 saturated heterocycles. The molecule has 5 N–H and O–H groups in total. The van der Waals surface area contributed by atoms with Gasteiger partial charge in [-0.25, -0.2) is 0 Å². The second kappa shape index (κ2) is 11.0. The number of carbonyl (C=O) groups excluding carboxylic acids is 1. The van der Waals surface area contributed by atoms with Gasteiger partial charge in [-0.15, -0.1) is 0 Å². The van der Waals surface area contributed by atoms with Crippen LogP contribution in [0, 0.1) is 5.41 Å². The monoisotopic (exact) mass is 225 g/mol. The predicted octanol–water partition coefficient (Wildman–Crippen LogP) is 1.08. The summed E-state index contributed by atoms with van der Waals surface area (Å²) in [5.74, 6) is -0.579. The Bertz CT molecular complexity index is 290. The van der Waals surface area contributed by atoms with Gasteiger partial charge in [-0.1, -0.05) is 36.5 Å². The van der Waals surface area contributed by atoms with Gasteiger partial charge < -0.3 is 16.2 Å². The van der Waals surface area contributed by atoms with Crippen molar-refractivity contribution in [3.63, 3.8) is 0 Å². The average Bonchev–Trinajstić information content (AvgIpc) is 2.19. The summed E-state index contributed by atoms with van der Waals surface area (Å²) in [6.45, 7) is 5.14. The van der Waals surface area contributed by atoms with E-state index in [0.717, 1.165) is 6.42 Å². The molecule has 5 nitrogen and oxygen atoms in total. The molecular formula is C11H19N3O2. The summed E-state index contributed by atoms with van der Waals surface area (Å²) in [4.78, 5) is 9.59. The summed E-state index contributed by atoms with van der Waals surface area (Å²) in [6, 6.07) is 0. The summed E-state index contributed by atoms with van der Waals surface area (Å²) >= 11 is 0. The summed E-state index contributed by atoms with van der Waals surface area (Å²) in [5.41, 5.74) is 10.1. The number of methoxy groups -OCH3 is 1. The zero-order valence-corrected chi connectivity index (χ0v) is 9.69. The second-order valence-electron chi connectivity index (χ2n) is 2.80. The Labute approximate surface area is 96.0 Å². The lowest BCUT2D eigenvalue weighted by Crippen LogP contribution is -2.20. The van der Waals surface area contributed by atoms with E-state index in [4.69, 9.17) is 5.41 Å². The molecule has 1 aliphatic carbocycles. The summed E-state index contributed by atoms with van der Waals surface area (Å²) in [7, 11) is 1.35. The molecule has 0 bridgehead atoms. The first-order valence-electron chi connectivity index (χ1n) is 4.55. The number of allylic oxidation sites excluding steroid dienone is 5. The highest BCUT2D eigenvalue weighted by Crippen LogP contribution is 2.05. The topological polar surface area (TPSA) is 102 Å². The van der Waals surface area contributed by atoms with Crippen molar-refractivity contribution in [3.05, 3.63) is 36.5 Å². The van der Waals surface area contributed by atoms with Crippen molar-refractivity contribution in [3.8, 4) is 0 Å². The number of hydrogen-bond acceptors (Lipinski definition) is 3. The fraction of sp³-hybridized carbons (Fsp3) is 0.273. The van der Waals surface area contributed by atoms with Crippen molar-refractivity contribution in [2.45, 2.75) is 13.3 Å². The quantitative estimate of drug-likeness (QED) is 0.326. The summed E-state index contributed by atoms with van der Waals surface area (Å²) in [6.07, 6.45) is 9.19. The molecule has 0 aliphatic heterocycles. The molecule has 0 radical (unpaired) electrons. The van der Waals surface area contributed by atoms with Crippen LogP contribution in [0.2, 0.25) is 0 Å². The van der Waals surface area contributed by atoms with Gasteiger partial charge in [0.15, 0.2) is 5.96 Å². The van der Waals surface area contributed by atoms with E-state index in [1.165, 1.54) is 19.6 Å². The minimum absolute atomic E-state index is 0.245. The third kappa shape index (κ3) is 22.7. The van der Waals surface area contributed by atoms with Crippen LogP contribution >= 0.6 is 0 Å². The molecule has 0 fully saturated rings. The maximum absolute atomic E-state index is 9.59. The smallest absolute Gasteiger partial charge is 0.302 e. The average molecular weight is 225 g/mol. The van der Waals surface area contributed by atoms with Crippen molar-refractivity contribution < 1.29 is 9.53 Å². The largest absolute Gasteiger partial charge is 0.469 e. The van der Waals surface area contributed by atoms with Gasteiger partial charge in [0.1, 0.15) is 0 Å². The standard InChI is InChI=1S/C7H8.C3H6O2.CH5N3/c1-7-5-3-2-4-6-7;1-3(4)5-2;2-1(3)4/h2-5H,1,6H2;1-2H3;(H5,2,3,4). The van der Waals surface area contributed by atoms with Gasteiger partial charge in [0.25, 0.3) is 0 Å². The summed E-state index contributed by atoms with van der Waals surface area (Å²) in [5, 5.41) is 6.06.